The molecule has 1 atom stereocenters. The topological polar surface area (TPSA) is 84.5 Å². The number of amides is 1. The lowest BCUT2D eigenvalue weighted by Gasteiger charge is -2.21. The van der Waals surface area contributed by atoms with Crippen LogP contribution in [0.1, 0.15) is 37.8 Å². The molecule has 3 aromatic rings. The summed E-state index contributed by atoms with van der Waals surface area (Å²) in [5.41, 5.74) is 1.61. The first-order valence-corrected chi connectivity index (χ1v) is 12.1. The van der Waals surface area contributed by atoms with E-state index in [0.717, 1.165) is 24.9 Å². The quantitative estimate of drug-likeness (QED) is 0.298. The summed E-state index contributed by atoms with van der Waals surface area (Å²) in [6.45, 7) is 7.31. The lowest BCUT2D eigenvalue weighted by atomic mass is 10.2. The van der Waals surface area contributed by atoms with Crippen LogP contribution in [0.15, 0.2) is 46.8 Å². The summed E-state index contributed by atoms with van der Waals surface area (Å²) < 4.78 is 4.03. The number of imidazole rings is 1. The van der Waals surface area contributed by atoms with Crippen LogP contribution in [0.4, 0.5) is 5.82 Å². The highest BCUT2D eigenvalue weighted by Crippen LogP contribution is 2.34. The molecule has 0 spiro atoms. The molecule has 0 aromatic carbocycles. The number of carbonyl (C=O) groups excluding carboxylic acids is 1. The molecular formula is C23H26N6O2S2. The second kappa shape index (κ2) is 9.88. The Morgan fingerprint density at radius 3 is 2.85 bits per heavy atom. The predicted octanol–water partition coefficient (Wildman–Crippen LogP) is 3.70. The summed E-state index contributed by atoms with van der Waals surface area (Å²) in [4.78, 5) is 37.3. The number of carbonyl (C=O) groups is 1. The van der Waals surface area contributed by atoms with E-state index in [1.165, 1.54) is 16.2 Å². The molecule has 1 saturated heterocycles. The van der Waals surface area contributed by atoms with Crippen LogP contribution in [0.2, 0.25) is 0 Å². The van der Waals surface area contributed by atoms with Crippen LogP contribution < -0.4 is 10.9 Å². The minimum Gasteiger partial charge on any atom is -0.369 e. The van der Waals surface area contributed by atoms with Gasteiger partial charge in [-0.15, -0.1) is 0 Å². The first-order valence-electron chi connectivity index (χ1n) is 10.9. The Kier molecular flexibility index (Phi) is 6.94. The smallest absolute Gasteiger partial charge is 0.267 e. The molecule has 1 N–H and O–H groups in total. The van der Waals surface area contributed by atoms with Gasteiger partial charge in [0.05, 0.1) is 16.8 Å². The fourth-order valence-electron chi connectivity index (χ4n) is 3.64. The van der Waals surface area contributed by atoms with Crippen LogP contribution in [0, 0.1) is 6.92 Å². The van der Waals surface area contributed by atoms with Crippen LogP contribution in [-0.2, 0) is 11.3 Å². The van der Waals surface area contributed by atoms with Crippen molar-refractivity contribution in [2.45, 2.75) is 46.2 Å². The fraction of sp³-hybridized carbons (Fsp3) is 0.348. The van der Waals surface area contributed by atoms with Gasteiger partial charge in [-0.3, -0.25) is 18.9 Å². The number of fused-ring (bicyclic) bond motifs is 1. The molecule has 1 amide bonds. The van der Waals surface area contributed by atoms with E-state index in [4.69, 9.17) is 17.2 Å². The average Bonchev–Trinajstić information content (AvgIpc) is 3.41. The molecule has 0 aliphatic carbocycles. The van der Waals surface area contributed by atoms with Crippen LogP contribution >= 0.6 is 24.0 Å². The Bertz CT molecular complexity index is 1280. The van der Waals surface area contributed by atoms with E-state index in [2.05, 4.69) is 10.3 Å². The Morgan fingerprint density at radius 1 is 1.30 bits per heavy atom. The van der Waals surface area contributed by atoms with Gasteiger partial charge in [0.15, 0.2) is 0 Å². The maximum atomic E-state index is 13.4. The van der Waals surface area contributed by atoms with Crippen molar-refractivity contribution in [1.82, 2.24) is 23.8 Å². The number of nitrogens with zero attached hydrogens (tertiary/aromatic N) is 5. The summed E-state index contributed by atoms with van der Waals surface area (Å²) in [7, 11) is 0. The molecule has 4 rings (SSSR count). The van der Waals surface area contributed by atoms with Crippen LogP contribution in [0.25, 0.3) is 11.7 Å². The lowest BCUT2D eigenvalue weighted by molar-refractivity contribution is -0.123. The number of aromatic nitrogens is 4. The molecule has 10 heteroatoms. The monoisotopic (exact) mass is 482 g/mol. The zero-order chi connectivity index (χ0) is 23.5. The second-order valence-electron chi connectivity index (χ2n) is 7.95. The molecule has 172 valence electrons. The Morgan fingerprint density at radius 2 is 2.12 bits per heavy atom. The van der Waals surface area contributed by atoms with E-state index in [1.54, 1.807) is 29.7 Å². The first kappa shape index (κ1) is 23.2. The molecule has 0 saturated carbocycles. The van der Waals surface area contributed by atoms with Crippen molar-refractivity contribution in [1.29, 1.82) is 0 Å². The normalized spacial score (nSPS) is 16.2. The molecule has 1 fully saturated rings. The third-order valence-electron chi connectivity index (χ3n) is 5.66. The van der Waals surface area contributed by atoms with E-state index < -0.39 is 0 Å². The van der Waals surface area contributed by atoms with E-state index >= 15 is 0 Å². The van der Waals surface area contributed by atoms with Gasteiger partial charge >= 0.3 is 0 Å². The molecule has 0 bridgehead atoms. The van der Waals surface area contributed by atoms with Crippen LogP contribution in [0.5, 0.6) is 0 Å². The highest BCUT2D eigenvalue weighted by molar-refractivity contribution is 8.26. The summed E-state index contributed by atoms with van der Waals surface area (Å²) in [6, 6.07) is 3.74. The van der Waals surface area contributed by atoms with Crippen molar-refractivity contribution in [3.63, 3.8) is 0 Å². The predicted molar refractivity (Wildman–Crippen MR) is 136 cm³/mol. The second-order valence-corrected chi connectivity index (χ2v) is 9.63. The lowest BCUT2D eigenvalue weighted by Crippen LogP contribution is -2.36. The average molecular weight is 483 g/mol. The van der Waals surface area contributed by atoms with E-state index in [0.29, 0.717) is 32.8 Å². The third kappa shape index (κ3) is 4.72. The van der Waals surface area contributed by atoms with Gasteiger partial charge in [0.2, 0.25) is 0 Å². The largest absolute Gasteiger partial charge is 0.369 e. The summed E-state index contributed by atoms with van der Waals surface area (Å²) >= 11 is 6.67. The highest BCUT2D eigenvalue weighted by atomic mass is 32.2. The van der Waals surface area contributed by atoms with Gasteiger partial charge in [-0.1, -0.05) is 37.0 Å². The maximum Gasteiger partial charge on any atom is 0.267 e. The van der Waals surface area contributed by atoms with Gasteiger partial charge in [0, 0.05) is 37.7 Å². The number of hydrogen-bond acceptors (Lipinski definition) is 7. The first-order chi connectivity index (χ1) is 15.9. The minimum absolute atomic E-state index is 0.00245. The number of thioether (sulfide) groups is 1. The SMILES string of the molecule is CC[C@H](C)N1C(=O)/C(=C/c2c(NCCCn3ccnc3)nc3c(C)cccn3c2=O)SC1=S. The number of nitrogens with one attached hydrogen (secondary N) is 1. The zero-order valence-corrected chi connectivity index (χ0v) is 20.4. The van der Waals surface area contributed by atoms with Gasteiger partial charge in [0.25, 0.3) is 11.5 Å². The van der Waals surface area contributed by atoms with E-state index in [9.17, 15) is 9.59 Å². The Balaban J connectivity index is 1.69. The van der Waals surface area contributed by atoms with Crippen LogP contribution in [-0.4, -0.2) is 46.6 Å². The fourth-order valence-corrected chi connectivity index (χ4v) is 5.08. The number of aryl methyl sites for hydroxylation is 2. The molecule has 8 nitrogen and oxygen atoms in total. The molecule has 0 radical (unpaired) electrons. The summed E-state index contributed by atoms with van der Waals surface area (Å²) in [5, 5.41) is 3.31. The van der Waals surface area contributed by atoms with E-state index in [1.807, 2.05) is 43.7 Å². The standard InChI is InChI=1S/C23H26N6O2S2/c1-4-16(3)29-22(31)18(33-23(29)32)13-17-19(25-8-6-10-27-12-9-24-14-27)26-20-15(2)7-5-11-28(20)21(17)30/h5,7,9,11-14,16,25H,4,6,8,10H2,1-3H3/b18-13-/t16-/m0/s1. The van der Waals surface area contributed by atoms with Gasteiger partial charge in [0.1, 0.15) is 15.8 Å². The maximum absolute atomic E-state index is 13.4. The number of hydrogen-bond donors (Lipinski definition) is 1. The zero-order valence-electron chi connectivity index (χ0n) is 18.8. The Labute approximate surface area is 201 Å². The number of anilines is 1. The summed E-state index contributed by atoms with van der Waals surface area (Å²) in [6.07, 6.45) is 10.4. The van der Waals surface area contributed by atoms with E-state index in [-0.39, 0.29) is 17.5 Å². The van der Waals surface area contributed by atoms with Gasteiger partial charge in [-0.05, 0) is 44.4 Å². The van der Waals surface area contributed by atoms with Crippen molar-refractivity contribution in [3.05, 3.63) is 63.4 Å². The van der Waals surface area contributed by atoms with Gasteiger partial charge < -0.3 is 9.88 Å². The third-order valence-corrected chi connectivity index (χ3v) is 6.99. The van der Waals surface area contributed by atoms with Gasteiger partial charge in [-0.25, -0.2) is 9.97 Å². The number of pyridine rings is 1. The number of rotatable bonds is 8. The van der Waals surface area contributed by atoms with Crippen molar-refractivity contribution in [2.24, 2.45) is 0 Å². The molecule has 1 aliphatic rings. The summed E-state index contributed by atoms with van der Waals surface area (Å²) in [5.74, 6) is 0.299. The molecule has 33 heavy (non-hydrogen) atoms. The van der Waals surface area contributed by atoms with Crippen LogP contribution in [0.3, 0.4) is 0 Å². The van der Waals surface area contributed by atoms with Gasteiger partial charge in [-0.2, -0.15) is 0 Å². The molecule has 1 aliphatic heterocycles. The Hall–Kier alpha value is -2.98. The molecule has 0 unspecified atom stereocenters. The minimum atomic E-state index is -0.227. The van der Waals surface area contributed by atoms with Crippen molar-refractivity contribution in [3.8, 4) is 0 Å². The van der Waals surface area contributed by atoms with Crippen molar-refractivity contribution in [2.75, 3.05) is 11.9 Å². The number of thiocarbonyl (C=S) groups is 1. The molecule has 4 heterocycles. The highest BCUT2D eigenvalue weighted by Gasteiger charge is 2.35. The van der Waals surface area contributed by atoms with Crippen molar-refractivity contribution >= 4 is 51.7 Å². The molecular weight excluding hydrogens is 456 g/mol. The van der Waals surface area contributed by atoms with Crippen molar-refractivity contribution < 1.29 is 4.79 Å². The molecule has 3 aromatic heterocycles.